The number of piperazine rings is 1. The van der Waals surface area contributed by atoms with E-state index in [0.717, 1.165) is 11.3 Å². The summed E-state index contributed by atoms with van der Waals surface area (Å²) in [6, 6.07) is 13.5. The molecule has 3 rings (SSSR count). The van der Waals surface area contributed by atoms with Crippen molar-refractivity contribution in [1.29, 1.82) is 0 Å². The summed E-state index contributed by atoms with van der Waals surface area (Å²) in [7, 11) is 0. The molecule has 1 N–H and O–H groups in total. The molecule has 2 amide bonds. The maximum Gasteiger partial charge on any atom is 0.317 e. The molecule has 1 saturated heterocycles. The first kappa shape index (κ1) is 17.9. The molecule has 2 aromatic rings. The van der Waals surface area contributed by atoms with Crippen molar-refractivity contribution in [2.75, 3.05) is 31.1 Å². The molecule has 0 bridgehead atoms. The van der Waals surface area contributed by atoms with Gasteiger partial charge in [-0.3, -0.25) is 0 Å². The fourth-order valence-corrected chi connectivity index (χ4v) is 3.65. The summed E-state index contributed by atoms with van der Waals surface area (Å²) in [6.45, 7) is 5.29. The van der Waals surface area contributed by atoms with Gasteiger partial charge in [0.1, 0.15) is 0 Å². The van der Waals surface area contributed by atoms with Crippen molar-refractivity contribution in [3.63, 3.8) is 0 Å². The molecular formula is C19H21Cl2N3O. The zero-order valence-corrected chi connectivity index (χ0v) is 15.6. The Morgan fingerprint density at radius 1 is 1.00 bits per heavy atom. The number of hydrogen-bond acceptors (Lipinski definition) is 2. The summed E-state index contributed by atoms with van der Waals surface area (Å²) in [5, 5.41) is 4.29. The van der Waals surface area contributed by atoms with Gasteiger partial charge in [0, 0.05) is 32.7 Å². The van der Waals surface area contributed by atoms with Gasteiger partial charge in [0.15, 0.2) is 0 Å². The van der Waals surface area contributed by atoms with E-state index in [1.165, 1.54) is 5.56 Å². The molecule has 6 heteroatoms. The molecule has 4 nitrogen and oxygen atoms in total. The molecule has 1 heterocycles. The second kappa shape index (κ2) is 7.98. The lowest BCUT2D eigenvalue weighted by molar-refractivity contribution is 0.194. The highest BCUT2D eigenvalue weighted by Crippen LogP contribution is 2.33. The van der Waals surface area contributed by atoms with Gasteiger partial charge in [0.25, 0.3) is 0 Å². The normalized spacial score (nSPS) is 14.5. The molecule has 0 unspecified atom stereocenters. The van der Waals surface area contributed by atoms with Crippen LogP contribution in [-0.4, -0.2) is 37.1 Å². The average molecular weight is 378 g/mol. The van der Waals surface area contributed by atoms with Crippen molar-refractivity contribution < 1.29 is 4.79 Å². The summed E-state index contributed by atoms with van der Waals surface area (Å²) in [6.07, 6.45) is 0. The number of rotatable bonds is 3. The van der Waals surface area contributed by atoms with E-state index in [-0.39, 0.29) is 6.03 Å². The zero-order chi connectivity index (χ0) is 17.8. The van der Waals surface area contributed by atoms with Gasteiger partial charge in [-0.05, 0) is 30.2 Å². The van der Waals surface area contributed by atoms with E-state index in [0.29, 0.717) is 42.8 Å². The Morgan fingerprint density at radius 2 is 1.64 bits per heavy atom. The molecule has 1 aliphatic heterocycles. The molecule has 1 aliphatic rings. The Balaban J connectivity index is 1.55. The Kier molecular flexibility index (Phi) is 5.71. The van der Waals surface area contributed by atoms with Crippen LogP contribution in [0.3, 0.4) is 0 Å². The van der Waals surface area contributed by atoms with Gasteiger partial charge >= 0.3 is 6.03 Å². The van der Waals surface area contributed by atoms with Gasteiger partial charge in [0.05, 0.1) is 15.7 Å². The monoisotopic (exact) mass is 377 g/mol. The lowest BCUT2D eigenvalue weighted by atomic mass is 10.1. The number of urea groups is 1. The van der Waals surface area contributed by atoms with Crippen LogP contribution >= 0.6 is 23.2 Å². The third-order valence-corrected chi connectivity index (χ3v) is 5.12. The van der Waals surface area contributed by atoms with Crippen molar-refractivity contribution >= 4 is 34.9 Å². The zero-order valence-electron chi connectivity index (χ0n) is 14.1. The standard InChI is InChI=1S/C19H21Cl2N3O/c1-14-5-2-3-6-15(14)13-22-19(25)24-11-9-23(10-12-24)18-16(20)7-4-8-17(18)21/h2-8H,9-13H2,1H3,(H,22,25). The summed E-state index contributed by atoms with van der Waals surface area (Å²) >= 11 is 12.6. The molecule has 0 aromatic heterocycles. The maximum absolute atomic E-state index is 12.4. The number of halogens is 2. The predicted molar refractivity (Wildman–Crippen MR) is 104 cm³/mol. The molecule has 0 saturated carbocycles. The van der Waals surface area contributed by atoms with Crippen LogP contribution in [0.1, 0.15) is 11.1 Å². The van der Waals surface area contributed by atoms with E-state index < -0.39 is 0 Å². The van der Waals surface area contributed by atoms with Crippen LogP contribution in [0.2, 0.25) is 10.0 Å². The summed E-state index contributed by atoms with van der Waals surface area (Å²) in [4.78, 5) is 16.4. The summed E-state index contributed by atoms with van der Waals surface area (Å²) in [5.74, 6) is 0. The second-order valence-electron chi connectivity index (χ2n) is 6.13. The number of nitrogens with zero attached hydrogens (tertiary/aromatic N) is 2. The topological polar surface area (TPSA) is 35.6 Å². The SMILES string of the molecule is Cc1ccccc1CNC(=O)N1CCN(c2c(Cl)cccc2Cl)CC1. The maximum atomic E-state index is 12.4. The first-order valence-corrected chi connectivity index (χ1v) is 9.08. The summed E-state index contributed by atoms with van der Waals surface area (Å²) < 4.78 is 0. The highest BCUT2D eigenvalue weighted by Gasteiger charge is 2.23. The van der Waals surface area contributed by atoms with E-state index in [2.05, 4.69) is 10.2 Å². The smallest absolute Gasteiger partial charge is 0.317 e. The van der Waals surface area contributed by atoms with Crippen molar-refractivity contribution in [3.8, 4) is 0 Å². The highest BCUT2D eigenvalue weighted by molar-refractivity contribution is 6.39. The van der Waals surface area contributed by atoms with Crippen LogP contribution in [0.25, 0.3) is 0 Å². The number of carbonyl (C=O) groups is 1. The molecular weight excluding hydrogens is 357 g/mol. The number of anilines is 1. The van der Waals surface area contributed by atoms with E-state index >= 15 is 0 Å². The lowest BCUT2D eigenvalue weighted by Gasteiger charge is -2.36. The Morgan fingerprint density at radius 3 is 2.28 bits per heavy atom. The third kappa shape index (κ3) is 4.20. The molecule has 0 atom stereocenters. The molecule has 0 radical (unpaired) electrons. The van der Waals surface area contributed by atoms with E-state index in [4.69, 9.17) is 23.2 Å². The van der Waals surface area contributed by atoms with Gasteiger partial charge < -0.3 is 15.1 Å². The first-order valence-electron chi connectivity index (χ1n) is 8.32. The minimum absolute atomic E-state index is 0.0341. The lowest BCUT2D eigenvalue weighted by Crippen LogP contribution is -2.51. The quantitative estimate of drug-likeness (QED) is 0.863. The van der Waals surface area contributed by atoms with Gasteiger partial charge in [-0.2, -0.15) is 0 Å². The van der Waals surface area contributed by atoms with Gasteiger partial charge in [-0.15, -0.1) is 0 Å². The molecule has 2 aromatic carbocycles. The van der Waals surface area contributed by atoms with E-state index in [1.807, 2.05) is 54.3 Å². The average Bonchev–Trinajstić information content (AvgIpc) is 2.61. The number of nitrogens with one attached hydrogen (secondary N) is 1. The fourth-order valence-electron chi connectivity index (χ4n) is 3.02. The third-order valence-electron chi connectivity index (χ3n) is 4.51. The molecule has 25 heavy (non-hydrogen) atoms. The number of aryl methyl sites for hydroxylation is 1. The van der Waals surface area contributed by atoms with Gasteiger partial charge in [-0.25, -0.2) is 4.79 Å². The minimum atomic E-state index is -0.0341. The Bertz CT molecular complexity index is 738. The van der Waals surface area contributed by atoms with Crippen molar-refractivity contribution in [2.24, 2.45) is 0 Å². The van der Waals surface area contributed by atoms with E-state index in [1.54, 1.807) is 0 Å². The number of benzene rings is 2. The minimum Gasteiger partial charge on any atom is -0.366 e. The van der Waals surface area contributed by atoms with Crippen LogP contribution in [0.15, 0.2) is 42.5 Å². The molecule has 0 aliphatic carbocycles. The Labute approximate surface area is 158 Å². The van der Waals surface area contributed by atoms with Crippen LogP contribution in [0.5, 0.6) is 0 Å². The number of hydrogen-bond donors (Lipinski definition) is 1. The van der Waals surface area contributed by atoms with Crippen LogP contribution in [-0.2, 0) is 6.54 Å². The number of amides is 2. The summed E-state index contributed by atoms with van der Waals surface area (Å²) in [5.41, 5.74) is 3.17. The van der Waals surface area contributed by atoms with Gasteiger partial charge in [-0.1, -0.05) is 53.5 Å². The first-order chi connectivity index (χ1) is 12.1. The van der Waals surface area contributed by atoms with E-state index in [9.17, 15) is 4.79 Å². The number of carbonyl (C=O) groups excluding carboxylic acids is 1. The van der Waals surface area contributed by atoms with Crippen LogP contribution in [0.4, 0.5) is 10.5 Å². The highest BCUT2D eigenvalue weighted by atomic mass is 35.5. The van der Waals surface area contributed by atoms with Crippen LogP contribution in [0, 0.1) is 6.92 Å². The van der Waals surface area contributed by atoms with Crippen molar-refractivity contribution in [2.45, 2.75) is 13.5 Å². The number of para-hydroxylation sites is 1. The fraction of sp³-hybridized carbons (Fsp3) is 0.316. The van der Waals surface area contributed by atoms with Crippen molar-refractivity contribution in [1.82, 2.24) is 10.2 Å². The predicted octanol–water partition coefficient (Wildman–Crippen LogP) is 4.33. The molecule has 132 valence electrons. The Hall–Kier alpha value is -1.91. The van der Waals surface area contributed by atoms with Gasteiger partial charge in [0.2, 0.25) is 0 Å². The molecule has 0 spiro atoms. The van der Waals surface area contributed by atoms with Crippen LogP contribution < -0.4 is 10.2 Å². The molecule has 1 fully saturated rings. The second-order valence-corrected chi connectivity index (χ2v) is 6.94. The largest absolute Gasteiger partial charge is 0.366 e. The van der Waals surface area contributed by atoms with Crippen molar-refractivity contribution in [3.05, 3.63) is 63.6 Å².